The summed E-state index contributed by atoms with van der Waals surface area (Å²) in [6.45, 7) is 0.609. The van der Waals surface area contributed by atoms with E-state index < -0.39 is 110 Å². The van der Waals surface area contributed by atoms with Gasteiger partial charge in [-0.05, 0) is 86.9 Å². The van der Waals surface area contributed by atoms with Crippen LogP contribution in [0.25, 0.3) is 10.4 Å². The Morgan fingerprint density at radius 1 is 0.574 bits per heavy atom. The molecule has 25 heteroatoms. The van der Waals surface area contributed by atoms with E-state index in [1.54, 1.807) is 0 Å². The number of carboxylic acid groups (broad SMARTS) is 6. The number of piperidine rings is 2. The second-order valence-corrected chi connectivity index (χ2v) is 14.6. The van der Waals surface area contributed by atoms with E-state index in [2.05, 4.69) is 31.3 Å². The molecule has 0 spiro atoms. The van der Waals surface area contributed by atoms with Crippen LogP contribution in [-0.2, 0) is 28.8 Å². The minimum Gasteiger partial charge on any atom is -0.481 e. The van der Waals surface area contributed by atoms with Gasteiger partial charge in [-0.1, -0.05) is 5.11 Å². The van der Waals surface area contributed by atoms with Crippen LogP contribution >= 0.6 is 0 Å². The third-order valence-electron chi connectivity index (χ3n) is 10.2. The molecule has 25 nitrogen and oxygen atoms in total. The van der Waals surface area contributed by atoms with E-state index in [0.717, 1.165) is 0 Å². The lowest BCUT2D eigenvalue weighted by molar-refractivity contribution is -0.142. The zero-order valence-corrected chi connectivity index (χ0v) is 32.6. The van der Waals surface area contributed by atoms with Crippen LogP contribution in [0.1, 0.15) is 84.9 Å². The van der Waals surface area contributed by atoms with Gasteiger partial charge in [-0.2, -0.15) is 0 Å². The van der Waals surface area contributed by atoms with Crippen molar-refractivity contribution in [3.63, 3.8) is 0 Å². The summed E-state index contributed by atoms with van der Waals surface area (Å²) < 4.78 is 0. The van der Waals surface area contributed by atoms with Crippen LogP contribution < -0.4 is 21.3 Å². The van der Waals surface area contributed by atoms with Crippen molar-refractivity contribution in [2.75, 3.05) is 26.2 Å². The molecule has 2 fully saturated rings. The van der Waals surface area contributed by atoms with E-state index in [1.165, 1.54) is 28.0 Å². The maximum atomic E-state index is 13.7. The number of benzene rings is 1. The van der Waals surface area contributed by atoms with E-state index in [-0.39, 0.29) is 67.7 Å². The van der Waals surface area contributed by atoms with Gasteiger partial charge in [0, 0.05) is 60.7 Å². The van der Waals surface area contributed by atoms with Crippen molar-refractivity contribution < 1.29 is 78.6 Å². The first-order valence-electron chi connectivity index (χ1n) is 19.0. The Labute approximate surface area is 346 Å². The number of carbonyl (C=O) groups is 10. The van der Waals surface area contributed by atoms with Gasteiger partial charge in [-0.25, -0.2) is 28.8 Å². The molecule has 0 aliphatic carbocycles. The van der Waals surface area contributed by atoms with Gasteiger partial charge in [-0.15, -0.1) is 0 Å². The highest BCUT2D eigenvalue weighted by Gasteiger charge is 2.33. The first-order chi connectivity index (χ1) is 28.8. The van der Waals surface area contributed by atoms with Gasteiger partial charge in [-0.3, -0.25) is 19.2 Å². The number of azide groups is 1. The zero-order valence-electron chi connectivity index (χ0n) is 32.6. The molecule has 0 radical (unpaired) electrons. The SMILES string of the molecule is [N-]=[N+]=Nc1cc(C(=O)N2CCC(C[C@H](NC(=O)N[C@@H](CCC(=O)O)C(=O)O)C(=O)O)CC2)cc(C(=O)N2CCC(C[C@H](NC(=O)N[C@@H](CCC(=O)O)C(=O)O)C(=O)O)CC2)c1. The van der Waals surface area contributed by atoms with Gasteiger partial charge in [0.15, 0.2) is 0 Å². The molecule has 4 atom stereocenters. The van der Waals surface area contributed by atoms with E-state index in [9.17, 15) is 68.4 Å². The topological polar surface area (TPSA) is 395 Å². The Balaban J connectivity index is 1.59. The van der Waals surface area contributed by atoms with Crippen LogP contribution in [0.4, 0.5) is 15.3 Å². The van der Waals surface area contributed by atoms with Crippen molar-refractivity contribution in [2.45, 2.75) is 88.4 Å². The molecule has 2 heterocycles. The Morgan fingerprint density at radius 2 is 0.902 bits per heavy atom. The number of rotatable bonds is 21. The fourth-order valence-corrected chi connectivity index (χ4v) is 6.95. The van der Waals surface area contributed by atoms with Crippen molar-refractivity contribution in [1.29, 1.82) is 0 Å². The fraction of sp³-hybridized carbons (Fsp3) is 0.556. The highest BCUT2D eigenvalue weighted by atomic mass is 16.4. The summed E-state index contributed by atoms with van der Waals surface area (Å²) in [5, 5.41) is 67.8. The second-order valence-electron chi connectivity index (χ2n) is 14.6. The summed E-state index contributed by atoms with van der Waals surface area (Å²) in [6, 6.07) is -4.27. The van der Waals surface area contributed by atoms with Crippen molar-refractivity contribution >= 4 is 65.4 Å². The molecule has 3 rings (SSSR count). The van der Waals surface area contributed by atoms with Crippen molar-refractivity contribution in [1.82, 2.24) is 31.1 Å². The molecule has 0 bridgehead atoms. The first-order valence-corrected chi connectivity index (χ1v) is 19.0. The molecule has 1 aromatic rings. The second kappa shape index (κ2) is 22.8. The predicted octanol–water partition coefficient (Wildman–Crippen LogP) is 1.25. The summed E-state index contributed by atoms with van der Waals surface area (Å²) in [6.07, 6.45) is -0.835. The van der Waals surface area contributed by atoms with Crippen LogP contribution in [-0.4, -0.2) is 150 Å². The molecule has 2 aliphatic rings. The van der Waals surface area contributed by atoms with Gasteiger partial charge in [0.1, 0.15) is 24.2 Å². The molecule has 2 saturated heterocycles. The summed E-state index contributed by atoms with van der Waals surface area (Å²) >= 11 is 0. The standard InChI is InChI=1S/C36H47N9O16/c37-43-42-22-16-20(29(50)44-9-5-18(6-10-44)13-25(33(56)57)40-35(60)38-23(31(52)53)1-3-27(46)47)15-21(17-22)30(51)45-11-7-19(8-12-45)14-26(34(58)59)41-36(61)39-24(32(54)55)2-4-28(48)49/h15-19,23-26H,1-14H2,(H,46,47)(H,48,49)(H,52,53)(H,54,55)(H,56,57)(H,58,59)(H2,38,40,60)(H2,39,41,61)/t23-,24-,25-,26-/m0/s1. The number of likely N-dealkylation sites (tertiary alicyclic amines) is 2. The quantitative estimate of drug-likeness (QED) is 0.0472. The third-order valence-corrected chi connectivity index (χ3v) is 10.2. The highest BCUT2D eigenvalue weighted by molar-refractivity contribution is 6.01. The number of urea groups is 2. The molecule has 1 aromatic carbocycles. The minimum absolute atomic E-state index is 0.0232. The number of hydrogen-bond donors (Lipinski definition) is 10. The van der Waals surface area contributed by atoms with Gasteiger partial charge in [0.05, 0.1) is 0 Å². The molecular weight excluding hydrogens is 814 g/mol. The Hall–Kier alpha value is -7.17. The van der Waals surface area contributed by atoms with Gasteiger partial charge < -0.3 is 61.7 Å². The molecule has 2 aliphatic heterocycles. The summed E-state index contributed by atoms with van der Waals surface area (Å²) in [4.78, 5) is 126. The number of nitrogens with zero attached hydrogens (tertiary/aromatic N) is 5. The third kappa shape index (κ3) is 15.5. The summed E-state index contributed by atoms with van der Waals surface area (Å²) in [5.41, 5.74) is 9.15. The molecular formula is C36H47N9O16. The molecule has 6 amide bonds. The smallest absolute Gasteiger partial charge is 0.326 e. The number of nitrogens with one attached hydrogen (secondary N) is 4. The maximum Gasteiger partial charge on any atom is 0.326 e. The molecule has 0 aromatic heterocycles. The molecule has 10 N–H and O–H groups in total. The molecule has 0 unspecified atom stereocenters. The largest absolute Gasteiger partial charge is 0.481 e. The number of aliphatic carboxylic acids is 6. The van der Waals surface area contributed by atoms with Crippen LogP contribution in [0.3, 0.4) is 0 Å². The lowest BCUT2D eigenvalue weighted by Gasteiger charge is -2.34. The molecule has 0 saturated carbocycles. The Kier molecular flexibility index (Phi) is 18.0. The fourth-order valence-electron chi connectivity index (χ4n) is 6.95. The average molecular weight is 862 g/mol. The van der Waals surface area contributed by atoms with Crippen LogP contribution in [0, 0.1) is 11.8 Å². The average Bonchev–Trinajstić information content (AvgIpc) is 3.20. The lowest BCUT2D eigenvalue weighted by atomic mass is 9.89. The normalized spacial score (nSPS) is 16.3. The maximum absolute atomic E-state index is 13.7. The van der Waals surface area contributed by atoms with Crippen molar-refractivity contribution in [2.24, 2.45) is 17.0 Å². The number of carboxylic acids is 6. The Bertz CT molecular complexity index is 1780. The number of amides is 6. The van der Waals surface area contributed by atoms with Gasteiger partial charge in [0.25, 0.3) is 11.8 Å². The van der Waals surface area contributed by atoms with E-state index >= 15 is 0 Å². The minimum atomic E-state index is -1.57. The van der Waals surface area contributed by atoms with Gasteiger partial charge >= 0.3 is 47.9 Å². The van der Waals surface area contributed by atoms with E-state index in [1.807, 2.05) is 0 Å². The van der Waals surface area contributed by atoms with Crippen LogP contribution in [0.2, 0.25) is 0 Å². The lowest BCUT2D eigenvalue weighted by Crippen LogP contribution is -2.52. The summed E-state index contributed by atoms with van der Waals surface area (Å²) in [7, 11) is 0. The van der Waals surface area contributed by atoms with Crippen molar-refractivity contribution in [3.8, 4) is 0 Å². The monoisotopic (exact) mass is 861 g/mol. The molecule has 61 heavy (non-hydrogen) atoms. The first kappa shape index (κ1) is 48.2. The number of carbonyl (C=O) groups excluding carboxylic acids is 4. The van der Waals surface area contributed by atoms with Crippen LogP contribution in [0.5, 0.6) is 0 Å². The number of hydrogen-bond acceptors (Lipinski definition) is 11. The molecule has 332 valence electrons. The van der Waals surface area contributed by atoms with E-state index in [4.69, 9.17) is 15.7 Å². The van der Waals surface area contributed by atoms with E-state index in [0.29, 0.717) is 25.7 Å². The highest BCUT2D eigenvalue weighted by Crippen LogP contribution is 2.28. The summed E-state index contributed by atoms with van der Waals surface area (Å²) in [5.74, 6) is -9.96. The van der Waals surface area contributed by atoms with Crippen molar-refractivity contribution in [3.05, 3.63) is 39.8 Å². The van der Waals surface area contributed by atoms with Crippen LogP contribution in [0.15, 0.2) is 23.3 Å². The van der Waals surface area contributed by atoms with Gasteiger partial charge in [0.2, 0.25) is 0 Å². The zero-order chi connectivity index (χ0) is 45.4. The Morgan fingerprint density at radius 3 is 1.20 bits per heavy atom. The predicted molar refractivity (Wildman–Crippen MR) is 205 cm³/mol.